The first-order valence-corrected chi connectivity index (χ1v) is 28.9. The number of amides is 3. The minimum absolute atomic E-state index is 0.0455. The zero-order chi connectivity index (χ0) is 50.7. The number of nitrogens with zero attached hydrogens (tertiary/aromatic N) is 2. The minimum Gasteiger partial charge on any atom is -0.481 e. The third kappa shape index (κ3) is 14.5. The highest BCUT2D eigenvalue weighted by Gasteiger charge is 2.44. The van der Waals surface area contributed by atoms with Crippen molar-refractivity contribution < 1.29 is 23.5 Å². The summed E-state index contributed by atoms with van der Waals surface area (Å²) in [5.74, 6) is 0.280. The lowest BCUT2D eigenvalue weighted by molar-refractivity contribution is -0.147. The Hall–Kier alpha value is -5.76. The second kappa shape index (κ2) is 27.3. The van der Waals surface area contributed by atoms with E-state index in [0.29, 0.717) is 71.0 Å². The molecule has 1 N–H and O–H groups in total. The van der Waals surface area contributed by atoms with Gasteiger partial charge in [0.1, 0.15) is 34.5 Å². The average molecular weight is 1010 g/mol. The topological polar surface area (TPSA) is 109 Å². The molecule has 0 aliphatic carbocycles. The van der Waals surface area contributed by atoms with Crippen LogP contribution in [-0.4, -0.2) is 65.5 Å². The highest BCUT2D eigenvalue weighted by Crippen LogP contribution is 2.56. The maximum absolute atomic E-state index is 13.8. The summed E-state index contributed by atoms with van der Waals surface area (Å²) >= 11 is 6.80. The van der Waals surface area contributed by atoms with Crippen molar-refractivity contribution in [1.82, 2.24) is 9.80 Å². The van der Waals surface area contributed by atoms with E-state index in [1.165, 1.54) is 73.3 Å². The van der Waals surface area contributed by atoms with Gasteiger partial charge in [0.05, 0.1) is 11.2 Å². The van der Waals surface area contributed by atoms with E-state index in [4.69, 9.17) is 20.8 Å². The molecule has 1 aromatic heterocycles. The molecule has 380 valence electrons. The molecule has 2 atom stereocenters. The van der Waals surface area contributed by atoms with Gasteiger partial charge in [0.2, 0.25) is 11.8 Å². The Labute approximate surface area is 433 Å². The lowest BCUT2D eigenvalue weighted by Crippen LogP contribution is -2.57. The van der Waals surface area contributed by atoms with Crippen LogP contribution in [0.25, 0.3) is 22.1 Å². The van der Waals surface area contributed by atoms with E-state index in [1.54, 1.807) is 48.2 Å². The molecule has 72 heavy (non-hydrogen) atoms. The summed E-state index contributed by atoms with van der Waals surface area (Å²) in [6.07, 6.45) is 17.4. The predicted octanol–water partition coefficient (Wildman–Crippen LogP) is 13.1. The van der Waals surface area contributed by atoms with Gasteiger partial charge in [-0.05, 0) is 100 Å². The molecule has 1 aliphatic rings. The minimum atomic E-state index is -1.91. The molecule has 2 heterocycles. The van der Waals surface area contributed by atoms with E-state index in [9.17, 15) is 19.2 Å². The van der Waals surface area contributed by atoms with E-state index in [2.05, 4.69) is 103 Å². The first kappa shape index (κ1) is 54.0. The largest absolute Gasteiger partial charge is 0.481 e. The Morgan fingerprint density at radius 2 is 1.25 bits per heavy atom. The molecular weight excluding hydrogens is 937 g/mol. The van der Waals surface area contributed by atoms with Gasteiger partial charge in [-0.2, -0.15) is 0 Å². The van der Waals surface area contributed by atoms with E-state index >= 15 is 0 Å². The van der Waals surface area contributed by atoms with Crippen LogP contribution in [0.15, 0.2) is 143 Å². The molecule has 9 nitrogen and oxygen atoms in total. The number of hydrogen-bond donors (Lipinski definition) is 1. The van der Waals surface area contributed by atoms with Gasteiger partial charge in [-0.3, -0.25) is 14.4 Å². The molecule has 0 spiro atoms. The number of nitrogens with one attached hydrogen (secondary N) is 1. The molecule has 11 heteroatoms. The number of fused-ring (bicyclic) bond motifs is 1. The quantitative estimate of drug-likeness (QED) is 0.0329. The van der Waals surface area contributed by atoms with Crippen molar-refractivity contribution in [1.29, 1.82) is 0 Å². The summed E-state index contributed by atoms with van der Waals surface area (Å²) < 4.78 is 11.8. The van der Waals surface area contributed by atoms with Crippen LogP contribution in [0.4, 0.5) is 5.69 Å². The SMILES string of the molecule is CCCCCCCCCCCCCC(=O)Nc1ccc(-c2cc(=O)oc3cc(O[C@H](C)C(=O)N4CCN(C(=O)CCCCC[P+](c5ccccc5)(c5ccccc5)c5ccccc5)C[C@@H]4C)ccc23)c(Cl)c1. The number of rotatable bonds is 26. The molecular formula is C61H74ClN3O6P+. The predicted molar refractivity (Wildman–Crippen MR) is 299 cm³/mol. The highest BCUT2D eigenvalue weighted by atomic mass is 35.5. The van der Waals surface area contributed by atoms with E-state index in [1.807, 2.05) is 11.8 Å². The van der Waals surface area contributed by atoms with E-state index in [0.717, 1.165) is 44.7 Å². The summed E-state index contributed by atoms with van der Waals surface area (Å²) in [6.45, 7) is 7.27. The maximum Gasteiger partial charge on any atom is 0.336 e. The Bertz CT molecular complexity index is 2640. The smallest absolute Gasteiger partial charge is 0.336 e. The standard InChI is InChI=1S/C61H73ClN3O6P/c1-4-5-6-7-8-9-10-11-12-13-24-33-58(66)63-48-35-37-53(56(62)42-48)55-44-60(68)71-57-43-49(36-38-54(55)57)70-47(3)61(69)65-40-39-64(45-46(65)2)59(67)34-25-17-26-41-72(50-27-18-14-19-28-50,51-29-20-15-21-30-51)52-31-22-16-23-32-52/h14-16,18-23,27-32,35-38,42-44,46-47H,4-13,17,24-26,33-34,39-41,45H2,1-3H3/p+1/t46-,47+/m0/s1. The van der Waals surface area contributed by atoms with Gasteiger partial charge in [-0.15, -0.1) is 0 Å². The second-order valence-corrected chi connectivity index (χ2v) is 23.5. The van der Waals surface area contributed by atoms with Crippen molar-refractivity contribution in [3.63, 3.8) is 0 Å². The molecule has 1 fully saturated rings. The number of carbonyl (C=O) groups excluding carboxylic acids is 3. The fourth-order valence-corrected chi connectivity index (χ4v) is 15.0. The van der Waals surface area contributed by atoms with Gasteiger partial charge in [-0.1, -0.05) is 143 Å². The zero-order valence-electron chi connectivity index (χ0n) is 42.7. The van der Waals surface area contributed by atoms with Crippen LogP contribution in [0.1, 0.15) is 124 Å². The molecule has 0 unspecified atom stereocenters. The molecule has 1 aliphatic heterocycles. The number of ether oxygens (including phenoxy) is 1. The lowest BCUT2D eigenvalue weighted by Gasteiger charge is -2.40. The van der Waals surface area contributed by atoms with Gasteiger partial charge < -0.3 is 24.3 Å². The highest BCUT2D eigenvalue weighted by molar-refractivity contribution is 7.95. The lowest BCUT2D eigenvalue weighted by atomic mass is 10.0. The summed E-state index contributed by atoms with van der Waals surface area (Å²) in [5, 5.41) is 8.12. The van der Waals surface area contributed by atoms with Crippen molar-refractivity contribution in [3.8, 4) is 16.9 Å². The fourth-order valence-electron chi connectivity index (χ4n) is 10.3. The summed E-state index contributed by atoms with van der Waals surface area (Å²) in [5.41, 5.74) is 1.53. The molecule has 5 aromatic carbocycles. The van der Waals surface area contributed by atoms with Crippen LogP contribution in [0.5, 0.6) is 5.75 Å². The van der Waals surface area contributed by atoms with Crippen LogP contribution in [-0.2, 0) is 14.4 Å². The van der Waals surface area contributed by atoms with Crippen molar-refractivity contribution in [2.75, 3.05) is 31.1 Å². The van der Waals surface area contributed by atoms with Gasteiger partial charge >= 0.3 is 5.63 Å². The van der Waals surface area contributed by atoms with E-state index < -0.39 is 19.0 Å². The molecule has 3 amide bonds. The summed E-state index contributed by atoms with van der Waals surface area (Å²) in [7, 11) is -1.91. The summed E-state index contributed by atoms with van der Waals surface area (Å²) in [4.78, 5) is 56.7. The number of anilines is 1. The number of halogens is 1. The zero-order valence-corrected chi connectivity index (χ0v) is 44.3. The van der Waals surface area contributed by atoms with Crippen LogP contribution in [0, 0.1) is 0 Å². The van der Waals surface area contributed by atoms with Gasteiger partial charge in [0.25, 0.3) is 5.91 Å². The van der Waals surface area contributed by atoms with Crippen LogP contribution >= 0.6 is 18.9 Å². The van der Waals surface area contributed by atoms with E-state index in [-0.39, 0.29) is 23.8 Å². The van der Waals surface area contributed by atoms with Crippen molar-refractivity contribution in [3.05, 3.63) is 149 Å². The third-order valence-corrected chi connectivity index (χ3v) is 19.0. The Morgan fingerprint density at radius 3 is 1.83 bits per heavy atom. The van der Waals surface area contributed by atoms with Crippen LogP contribution in [0.2, 0.25) is 5.02 Å². The molecule has 7 rings (SSSR count). The third-order valence-electron chi connectivity index (χ3n) is 14.2. The Morgan fingerprint density at radius 1 is 0.681 bits per heavy atom. The number of unbranched alkanes of at least 4 members (excludes halogenated alkanes) is 12. The number of hydrogen-bond acceptors (Lipinski definition) is 6. The summed E-state index contributed by atoms with van der Waals surface area (Å²) in [6, 6.07) is 44.4. The molecule has 0 radical (unpaired) electrons. The van der Waals surface area contributed by atoms with Crippen LogP contribution < -0.4 is 31.6 Å². The number of carbonyl (C=O) groups is 3. The molecule has 6 aromatic rings. The maximum atomic E-state index is 13.8. The van der Waals surface area contributed by atoms with Crippen molar-refractivity contribution >= 4 is 69.2 Å². The molecule has 1 saturated heterocycles. The van der Waals surface area contributed by atoms with Gasteiger partial charge in [0, 0.05) is 72.9 Å². The van der Waals surface area contributed by atoms with Gasteiger partial charge in [0.15, 0.2) is 6.10 Å². The molecule has 0 saturated carbocycles. The van der Waals surface area contributed by atoms with Crippen molar-refractivity contribution in [2.24, 2.45) is 0 Å². The first-order valence-electron chi connectivity index (χ1n) is 26.5. The normalized spacial score (nSPS) is 14.3. The first-order chi connectivity index (χ1) is 35.1. The number of piperazine rings is 1. The monoisotopic (exact) mass is 1010 g/mol. The molecule has 0 bridgehead atoms. The van der Waals surface area contributed by atoms with Crippen LogP contribution in [0.3, 0.4) is 0 Å². The fraction of sp³-hybridized carbons (Fsp3) is 0.410. The second-order valence-electron chi connectivity index (χ2n) is 19.5. The van der Waals surface area contributed by atoms with Crippen molar-refractivity contribution in [2.45, 2.75) is 136 Å². The Balaban J connectivity index is 0.872. The number of benzene rings is 5. The average Bonchev–Trinajstić information content (AvgIpc) is 3.39. The Kier molecular flexibility index (Phi) is 20.5. The van der Waals surface area contributed by atoms with Gasteiger partial charge in [-0.25, -0.2) is 4.79 Å².